The lowest BCUT2D eigenvalue weighted by Gasteiger charge is -2.25. The second-order valence-corrected chi connectivity index (χ2v) is 8.33. The number of carbonyl (C=O) groups excluding carboxylic acids is 2. The van der Waals surface area contributed by atoms with Crippen LogP contribution in [0.25, 0.3) is 16.5 Å². The summed E-state index contributed by atoms with van der Waals surface area (Å²) in [7, 11) is 0. The Morgan fingerprint density at radius 2 is 1.61 bits per heavy atom. The highest BCUT2D eigenvalue weighted by Gasteiger charge is 2.46. The maximum absolute atomic E-state index is 13.2. The van der Waals surface area contributed by atoms with Gasteiger partial charge in [0, 0.05) is 29.5 Å². The Kier molecular flexibility index (Phi) is 5.40. The van der Waals surface area contributed by atoms with Gasteiger partial charge in [0.1, 0.15) is 5.76 Å². The van der Waals surface area contributed by atoms with Gasteiger partial charge in [-0.1, -0.05) is 60.1 Å². The SMILES string of the molecule is O=C1C(=O)N(Cc2ccncc2)C(c2ccc(Cl)cc2)/C1=C(/O)c1ccc2ccccc2c1. The van der Waals surface area contributed by atoms with E-state index < -0.39 is 17.7 Å². The molecular formula is C27H19ClN2O3. The number of benzene rings is 3. The smallest absolute Gasteiger partial charge is 0.295 e. The summed E-state index contributed by atoms with van der Waals surface area (Å²) in [6.07, 6.45) is 3.27. The van der Waals surface area contributed by atoms with Crippen LogP contribution >= 0.6 is 11.6 Å². The fourth-order valence-electron chi connectivity index (χ4n) is 4.21. The summed E-state index contributed by atoms with van der Waals surface area (Å²) in [6, 6.07) is 23.0. The molecule has 162 valence electrons. The molecule has 1 aliphatic heterocycles. The summed E-state index contributed by atoms with van der Waals surface area (Å²) < 4.78 is 0. The summed E-state index contributed by atoms with van der Waals surface area (Å²) >= 11 is 6.08. The number of ketones is 1. The third kappa shape index (κ3) is 3.88. The molecule has 1 atom stereocenters. The molecule has 2 heterocycles. The van der Waals surface area contributed by atoms with Crippen LogP contribution in [0.2, 0.25) is 5.02 Å². The van der Waals surface area contributed by atoms with E-state index in [1.165, 1.54) is 4.90 Å². The maximum Gasteiger partial charge on any atom is 0.295 e. The van der Waals surface area contributed by atoms with Crippen LogP contribution in [0.3, 0.4) is 0 Å². The zero-order valence-electron chi connectivity index (χ0n) is 17.5. The molecule has 3 aromatic carbocycles. The Bertz CT molecular complexity index is 1400. The van der Waals surface area contributed by atoms with E-state index in [9.17, 15) is 14.7 Å². The van der Waals surface area contributed by atoms with Crippen LogP contribution in [-0.2, 0) is 16.1 Å². The molecule has 0 bridgehead atoms. The minimum atomic E-state index is -0.748. The summed E-state index contributed by atoms with van der Waals surface area (Å²) in [6.45, 7) is 0.203. The molecule has 1 aromatic heterocycles. The minimum absolute atomic E-state index is 0.0617. The van der Waals surface area contributed by atoms with Crippen LogP contribution in [0.15, 0.2) is 96.8 Å². The molecule has 1 saturated heterocycles. The van der Waals surface area contributed by atoms with Crippen molar-refractivity contribution < 1.29 is 14.7 Å². The van der Waals surface area contributed by atoms with Crippen LogP contribution in [0.1, 0.15) is 22.7 Å². The lowest BCUT2D eigenvalue weighted by Crippen LogP contribution is -2.29. The highest BCUT2D eigenvalue weighted by atomic mass is 35.5. The minimum Gasteiger partial charge on any atom is -0.507 e. The molecular weight excluding hydrogens is 436 g/mol. The molecule has 5 nitrogen and oxygen atoms in total. The highest BCUT2D eigenvalue weighted by Crippen LogP contribution is 2.40. The molecule has 1 aliphatic rings. The zero-order valence-corrected chi connectivity index (χ0v) is 18.2. The summed E-state index contributed by atoms with van der Waals surface area (Å²) in [5, 5.41) is 13.8. The van der Waals surface area contributed by atoms with E-state index >= 15 is 0 Å². The highest BCUT2D eigenvalue weighted by molar-refractivity contribution is 6.46. The summed E-state index contributed by atoms with van der Waals surface area (Å²) in [4.78, 5) is 31.8. The van der Waals surface area contributed by atoms with Crippen molar-refractivity contribution in [1.29, 1.82) is 0 Å². The van der Waals surface area contributed by atoms with E-state index in [4.69, 9.17) is 11.6 Å². The molecule has 1 unspecified atom stereocenters. The van der Waals surface area contributed by atoms with Gasteiger partial charge in [0.2, 0.25) is 0 Å². The number of Topliss-reactive ketones (excluding diaryl/α,β-unsaturated/α-hetero) is 1. The number of aliphatic hydroxyl groups excluding tert-OH is 1. The largest absolute Gasteiger partial charge is 0.507 e. The second kappa shape index (κ2) is 8.52. The van der Waals surface area contributed by atoms with Crippen LogP contribution in [0, 0.1) is 0 Å². The Balaban J connectivity index is 1.66. The number of carbonyl (C=O) groups is 2. The second-order valence-electron chi connectivity index (χ2n) is 7.90. The Labute approximate surface area is 195 Å². The Morgan fingerprint density at radius 3 is 2.33 bits per heavy atom. The molecule has 0 aliphatic carbocycles. The van der Waals surface area contributed by atoms with Crippen molar-refractivity contribution in [3.8, 4) is 0 Å². The van der Waals surface area contributed by atoms with E-state index in [0.29, 0.717) is 16.1 Å². The lowest BCUT2D eigenvalue weighted by atomic mass is 9.94. The number of hydrogen-bond acceptors (Lipinski definition) is 4. The Hall–Kier alpha value is -3.96. The van der Waals surface area contributed by atoms with Gasteiger partial charge in [-0.25, -0.2) is 0 Å². The summed E-state index contributed by atoms with van der Waals surface area (Å²) in [5.41, 5.74) is 2.06. The van der Waals surface area contributed by atoms with E-state index in [1.807, 2.05) is 36.4 Å². The molecule has 0 saturated carbocycles. The third-order valence-corrected chi connectivity index (χ3v) is 6.10. The van der Waals surface area contributed by atoms with Crippen molar-refractivity contribution in [2.45, 2.75) is 12.6 Å². The van der Waals surface area contributed by atoms with Gasteiger partial charge < -0.3 is 10.0 Å². The van der Waals surface area contributed by atoms with Gasteiger partial charge in [-0.15, -0.1) is 0 Å². The van der Waals surface area contributed by atoms with Gasteiger partial charge in [-0.05, 0) is 52.2 Å². The van der Waals surface area contributed by atoms with E-state index in [2.05, 4.69) is 4.98 Å². The molecule has 33 heavy (non-hydrogen) atoms. The first kappa shape index (κ1) is 20.9. The van der Waals surface area contributed by atoms with Crippen molar-refractivity contribution in [2.75, 3.05) is 0 Å². The maximum atomic E-state index is 13.2. The standard InChI is InChI=1S/C27H19ClN2O3/c28-22-9-7-19(8-10-22)24-23(25(31)21-6-5-18-3-1-2-4-20(18)15-21)26(32)27(33)30(24)16-17-11-13-29-14-12-17/h1-15,24,31H,16H2/b25-23-. The van der Waals surface area contributed by atoms with Gasteiger partial charge in [0.15, 0.2) is 0 Å². The van der Waals surface area contributed by atoms with Gasteiger partial charge in [0.05, 0.1) is 11.6 Å². The number of halogens is 1. The fourth-order valence-corrected chi connectivity index (χ4v) is 4.34. The van der Waals surface area contributed by atoms with Crippen LogP contribution in [0.5, 0.6) is 0 Å². The molecule has 5 rings (SSSR count). The number of pyridine rings is 1. The number of amides is 1. The third-order valence-electron chi connectivity index (χ3n) is 5.85. The van der Waals surface area contributed by atoms with Crippen LogP contribution in [0.4, 0.5) is 0 Å². The first-order valence-electron chi connectivity index (χ1n) is 10.4. The van der Waals surface area contributed by atoms with Crippen molar-refractivity contribution in [2.24, 2.45) is 0 Å². The van der Waals surface area contributed by atoms with E-state index in [0.717, 1.165) is 16.3 Å². The number of aliphatic hydroxyl groups is 1. The number of hydrogen-bond donors (Lipinski definition) is 1. The van der Waals surface area contributed by atoms with E-state index in [-0.39, 0.29) is 17.9 Å². The normalized spacial score (nSPS) is 17.6. The molecule has 1 N–H and O–H groups in total. The quantitative estimate of drug-likeness (QED) is 0.251. The number of rotatable bonds is 4. The first-order chi connectivity index (χ1) is 16.0. The molecule has 1 amide bonds. The molecule has 6 heteroatoms. The zero-order chi connectivity index (χ0) is 22.9. The number of likely N-dealkylation sites (tertiary alicyclic amines) is 1. The van der Waals surface area contributed by atoms with Crippen molar-refractivity contribution in [3.63, 3.8) is 0 Å². The van der Waals surface area contributed by atoms with Gasteiger partial charge in [-0.3, -0.25) is 14.6 Å². The van der Waals surface area contributed by atoms with Crippen LogP contribution < -0.4 is 0 Å². The molecule has 1 fully saturated rings. The average Bonchev–Trinajstić information content (AvgIpc) is 3.09. The monoisotopic (exact) mass is 454 g/mol. The molecule has 0 radical (unpaired) electrons. The van der Waals surface area contributed by atoms with Gasteiger partial charge >= 0.3 is 0 Å². The van der Waals surface area contributed by atoms with Gasteiger partial charge in [-0.2, -0.15) is 0 Å². The number of nitrogens with zero attached hydrogens (tertiary/aromatic N) is 2. The van der Waals surface area contributed by atoms with Gasteiger partial charge in [0.25, 0.3) is 11.7 Å². The molecule has 0 spiro atoms. The predicted octanol–water partition coefficient (Wildman–Crippen LogP) is 5.51. The first-order valence-corrected chi connectivity index (χ1v) is 10.8. The van der Waals surface area contributed by atoms with Crippen molar-refractivity contribution >= 4 is 39.8 Å². The van der Waals surface area contributed by atoms with E-state index in [1.54, 1.807) is 54.9 Å². The van der Waals surface area contributed by atoms with Crippen molar-refractivity contribution in [3.05, 3.63) is 119 Å². The molecule has 4 aromatic rings. The van der Waals surface area contributed by atoms with Crippen molar-refractivity contribution in [1.82, 2.24) is 9.88 Å². The fraction of sp³-hybridized carbons (Fsp3) is 0.0741. The average molecular weight is 455 g/mol. The topological polar surface area (TPSA) is 70.5 Å². The van der Waals surface area contributed by atoms with Crippen LogP contribution in [-0.4, -0.2) is 26.7 Å². The number of aromatic nitrogens is 1. The lowest BCUT2D eigenvalue weighted by molar-refractivity contribution is -0.140. The summed E-state index contributed by atoms with van der Waals surface area (Å²) in [5.74, 6) is -1.57. The predicted molar refractivity (Wildman–Crippen MR) is 127 cm³/mol. The number of fused-ring (bicyclic) bond motifs is 1. The Morgan fingerprint density at radius 1 is 0.909 bits per heavy atom.